The molecule has 0 radical (unpaired) electrons. The molecule has 0 amide bonds. The summed E-state index contributed by atoms with van der Waals surface area (Å²) in [5.41, 5.74) is 0. The fraction of sp³-hybridized carbons (Fsp3) is 0.385. The topological polar surface area (TPSA) is 52.6 Å². The first-order chi connectivity index (χ1) is 8.76. The Morgan fingerprint density at radius 3 is 2.72 bits per heavy atom. The molecule has 0 aliphatic carbocycles. The van der Waals surface area contributed by atoms with E-state index in [0.29, 0.717) is 18.5 Å². The van der Waals surface area contributed by atoms with Crippen LogP contribution in [-0.2, 0) is 19.1 Å². The number of rotatable bonds is 8. The number of benzene rings is 1. The molecule has 98 valence electrons. The number of esters is 1. The summed E-state index contributed by atoms with van der Waals surface area (Å²) in [5.74, 6) is 0.201. The molecule has 1 aromatic rings. The largest absolute Gasteiger partial charge is 0.453 e. The van der Waals surface area contributed by atoms with E-state index in [1.807, 2.05) is 30.3 Å². The van der Waals surface area contributed by atoms with Crippen LogP contribution in [0.25, 0.3) is 0 Å². The zero-order valence-electron chi connectivity index (χ0n) is 10.2. The van der Waals surface area contributed by atoms with E-state index >= 15 is 0 Å². The molecule has 0 saturated heterocycles. The molecule has 0 aliphatic heterocycles. The van der Waals surface area contributed by atoms with E-state index in [4.69, 9.17) is 4.74 Å². The van der Waals surface area contributed by atoms with Crippen molar-refractivity contribution < 1.29 is 19.1 Å². The summed E-state index contributed by atoms with van der Waals surface area (Å²) in [5, 5.41) is 0. The van der Waals surface area contributed by atoms with Gasteiger partial charge in [0.1, 0.15) is 6.61 Å². The van der Waals surface area contributed by atoms with Crippen LogP contribution in [0.1, 0.15) is 6.42 Å². The molecule has 5 heteroatoms. The van der Waals surface area contributed by atoms with Crippen molar-refractivity contribution in [1.82, 2.24) is 0 Å². The summed E-state index contributed by atoms with van der Waals surface area (Å²) in [6.07, 6.45) is 0.460. The minimum absolute atomic E-state index is 0.129. The monoisotopic (exact) mass is 268 g/mol. The van der Waals surface area contributed by atoms with Crippen molar-refractivity contribution >= 4 is 24.0 Å². The van der Waals surface area contributed by atoms with Gasteiger partial charge < -0.3 is 9.47 Å². The SMILES string of the molecule is COCC(=O)OC(C=O)CCSc1ccccc1. The van der Waals surface area contributed by atoms with Gasteiger partial charge in [-0.3, -0.25) is 4.79 Å². The summed E-state index contributed by atoms with van der Waals surface area (Å²) < 4.78 is 9.56. The van der Waals surface area contributed by atoms with Gasteiger partial charge in [-0.05, 0) is 12.1 Å². The lowest BCUT2D eigenvalue weighted by Gasteiger charge is -2.11. The molecule has 1 atom stereocenters. The smallest absolute Gasteiger partial charge is 0.332 e. The molecule has 1 rings (SSSR count). The molecule has 0 bridgehead atoms. The van der Waals surface area contributed by atoms with Crippen LogP contribution in [0.3, 0.4) is 0 Å². The van der Waals surface area contributed by atoms with Gasteiger partial charge in [-0.25, -0.2) is 4.79 Å². The fourth-order valence-electron chi connectivity index (χ4n) is 1.29. The Hall–Kier alpha value is -1.33. The third-order valence-electron chi connectivity index (χ3n) is 2.11. The molecule has 4 nitrogen and oxygen atoms in total. The van der Waals surface area contributed by atoms with E-state index in [-0.39, 0.29) is 6.61 Å². The van der Waals surface area contributed by atoms with Crippen LogP contribution >= 0.6 is 11.8 Å². The zero-order chi connectivity index (χ0) is 13.2. The number of hydrogen-bond donors (Lipinski definition) is 0. The molecule has 0 aromatic heterocycles. The molecular weight excluding hydrogens is 252 g/mol. The second kappa shape index (κ2) is 8.72. The minimum atomic E-state index is -0.691. The van der Waals surface area contributed by atoms with Gasteiger partial charge >= 0.3 is 5.97 Å². The van der Waals surface area contributed by atoms with Gasteiger partial charge in [0, 0.05) is 24.2 Å². The summed E-state index contributed by atoms with van der Waals surface area (Å²) in [7, 11) is 1.41. The van der Waals surface area contributed by atoms with Crippen LogP contribution < -0.4 is 0 Å². The highest BCUT2D eigenvalue weighted by molar-refractivity contribution is 7.99. The summed E-state index contributed by atoms with van der Waals surface area (Å²) in [6, 6.07) is 9.86. The van der Waals surface area contributed by atoms with Crippen LogP contribution in [0.2, 0.25) is 0 Å². The highest BCUT2D eigenvalue weighted by Gasteiger charge is 2.13. The van der Waals surface area contributed by atoms with Crippen LogP contribution in [0.15, 0.2) is 35.2 Å². The number of methoxy groups -OCH3 is 1. The van der Waals surface area contributed by atoms with E-state index in [1.165, 1.54) is 7.11 Å². The quantitative estimate of drug-likeness (QED) is 0.409. The maximum atomic E-state index is 11.1. The first-order valence-electron chi connectivity index (χ1n) is 5.58. The Morgan fingerprint density at radius 2 is 2.11 bits per heavy atom. The van der Waals surface area contributed by atoms with E-state index in [9.17, 15) is 9.59 Å². The maximum absolute atomic E-state index is 11.1. The van der Waals surface area contributed by atoms with Crippen molar-refractivity contribution in [2.24, 2.45) is 0 Å². The van der Waals surface area contributed by atoms with Gasteiger partial charge in [0.05, 0.1) is 0 Å². The van der Waals surface area contributed by atoms with Crippen molar-refractivity contribution in [1.29, 1.82) is 0 Å². The first-order valence-corrected chi connectivity index (χ1v) is 6.56. The molecule has 1 aromatic carbocycles. The third-order valence-corrected chi connectivity index (χ3v) is 3.16. The minimum Gasteiger partial charge on any atom is -0.453 e. The summed E-state index contributed by atoms with van der Waals surface area (Å²) >= 11 is 1.62. The molecular formula is C13H16O4S. The highest BCUT2D eigenvalue weighted by atomic mass is 32.2. The lowest BCUT2D eigenvalue weighted by Crippen LogP contribution is -2.23. The predicted molar refractivity (Wildman–Crippen MR) is 69.6 cm³/mol. The normalized spacial score (nSPS) is 11.8. The van der Waals surface area contributed by atoms with Gasteiger partial charge in [0.15, 0.2) is 12.4 Å². The average molecular weight is 268 g/mol. The van der Waals surface area contributed by atoms with Crippen molar-refractivity contribution in [2.45, 2.75) is 17.4 Å². The molecule has 0 spiro atoms. The van der Waals surface area contributed by atoms with E-state index < -0.39 is 12.1 Å². The fourth-order valence-corrected chi connectivity index (χ4v) is 2.22. The van der Waals surface area contributed by atoms with Gasteiger partial charge in [0.2, 0.25) is 0 Å². The summed E-state index contributed by atoms with van der Waals surface area (Å²) in [6.45, 7) is -0.129. The predicted octanol–water partition coefficient (Wildman–Crippen LogP) is 1.93. The maximum Gasteiger partial charge on any atom is 0.332 e. The highest BCUT2D eigenvalue weighted by Crippen LogP contribution is 2.18. The Balaban J connectivity index is 2.27. The van der Waals surface area contributed by atoms with Gasteiger partial charge in [-0.15, -0.1) is 11.8 Å². The van der Waals surface area contributed by atoms with E-state index in [0.717, 1.165) is 4.90 Å². The van der Waals surface area contributed by atoms with Crippen LogP contribution in [0.4, 0.5) is 0 Å². The van der Waals surface area contributed by atoms with Crippen molar-refractivity contribution in [2.75, 3.05) is 19.5 Å². The van der Waals surface area contributed by atoms with Crippen LogP contribution in [0, 0.1) is 0 Å². The summed E-state index contributed by atoms with van der Waals surface area (Å²) in [4.78, 5) is 23.0. The molecule has 1 unspecified atom stereocenters. The Kier molecular flexibility index (Phi) is 7.13. The van der Waals surface area contributed by atoms with Crippen molar-refractivity contribution in [3.05, 3.63) is 30.3 Å². The number of hydrogen-bond acceptors (Lipinski definition) is 5. The third kappa shape index (κ3) is 5.84. The lowest BCUT2D eigenvalue weighted by molar-refractivity contribution is -0.155. The molecule has 0 aliphatic rings. The molecule has 18 heavy (non-hydrogen) atoms. The molecule has 0 heterocycles. The average Bonchev–Trinajstić information content (AvgIpc) is 2.39. The Morgan fingerprint density at radius 1 is 1.39 bits per heavy atom. The van der Waals surface area contributed by atoms with Gasteiger partial charge in [-0.1, -0.05) is 18.2 Å². The molecule has 0 fully saturated rings. The Labute approximate surface area is 111 Å². The van der Waals surface area contributed by atoms with Crippen molar-refractivity contribution in [3.8, 4) is 0 Å². The zero-order valence-corrected chi connectivity index (χ0v) is 11.0. The van der Waals surface area contributed by atoms with E-state index in [1.54, 1.807) is 11.8 Å². The number of carbonyl (C=O) groups excluding carboxylic acids is 2. The standard InChI is InChI=1S/C13H16O4S/c1-16-10-13(15)17-11(9-14)7-8-18-12-5-3-2-4-6-12/h2-6,9,11H,7-8,10H2,1H3. The number of aldehydes is 1. The van der Waals surface area contributed by atoms with Crippen molar-refractivity contribution in [3.63, 3.8) is 0 Å². The number of ether oxygens (including phenoxy) is 2. The number of carbonyl (C=O) groups is 2. The first kappa shape index (κ1) is 14.7. The Bertz CT molecular complexity index is 367. The lowest BCUT2D eigenvalue weighted by atomic mass is 10.3. The molecule has 0 saturated carbocycles. The second-order valence-corrected chi connectivity index (χ2v) is 4.72. The molecule has 0 N–H and O–H groups in total. The van der Waals surface area contributed by atoms with E-state index in [2.05, 4.69) is 4.74 Å². The van der Waals surface area contributed by atoms with Crippen LogP contribution in [-0.4, -0.2) is 37.8 Å². The van der Waals surface area contributed by atoms with Gasteiger partial charge in [-0.2, -0.15) is 0 Å². The van der Waals surface area contributed by atoms with Gasteiger partial charge in [0.25, 0.3) is 0 Å². The second-order valence-electron chi connectivity index (χ2n) is 3.55. The van der Waals surface area contributed by atoms with Crippen LogP contribution in [0.5, 0.6) is 0 Å². The number of thioether (sulfide) groups is 1.